The lowest BCUT2D eigenvalue weighted by atomic mass is 9.97. The fourth-order valence-electron chi connectivity index (χ4n) is 5.89. The topological polar surface area (TPSA) is 109 Å². The number of nitrogens with zero attached hydrogens (tertiary/aromatic N) is 7. The van der Waals surface area contributed by atoms with Gasteiger partial charge in [-0.2, -0.15) is 0 Å². The first-order valence-electron chi connectivity index (χ1n) is 14.2. The van der Waals surface area contributed by atoms with Gasteiger partial charge in [0.2, 0.25) is 0 Å². The van der Waals surface area contributed by atoms with Crippen molar-refractivity contribution in [2.45, 2.75) is 38.4 Å². The number of carbonyl (C=O) groups is 1. The van der Waals surface area contributed by atoms with Gasteiger partial charge in [-0.1, -0.05) is 12.1 Å². The molecule has 4 heterocycles. The zero-order chi connectivity index (χ0) is 28.1. The fourth-order valence-corrected chi connectivity index (χ4v) is 5.89. The van der Waals surface area contributed by atoms with Crippen LogP contribution in [0.4, 0.5) is 4.39 Å². The lowest BCUT2D eigenvalue weighted by Gasteiger charge is -2.30. The summed E-state index contributed by atoms with van der Waals surface area (Å²) in [7, 11) is 2.03. The van der Waals surface area contributed by atoms with Crippen molar-refractivity contribution in [3.63, 3.8) is 0 Å². The first-order chi connectivity index (χ1) is 20.0. The maximum atomic E-state index is 13.3. The highest BCUT2D eigenvalue weighted by molar-refractivity contribution is 6.01. The van der Waals surface area contributed by atoms with Crippen LogP contribution in [-0.2, 0) is 26.6 Å². The molecule has 0 radical (unpaired) electrons. The molecule has 2 aliphatic rings. The molecule has 3 aromatic heterocycles. The second-order valence-corrected chi connectivity index (χ2v) is 11.2. The van der Waals surface area contributed by atoms with E-state index < -0.39 is 12.7 Å². The van der Waals surface area contributed by atoms with Crippen molar-refractivity contribution in [3.05, 3.63) is 60.2 Å². The van der Waals surface area contributed by atoms with E-state index in [1.54, 1.807) is 17.6 Å². The number of nitrogens with two attached hydrogens (primary N) is 1. The van der Waals surface area contributed by atoms with Crippen LogP contribution in [0.3, 0.4) is 0 Å². The van der Waals surface area contributed by atoms with Crippen molar-refractivity contribution >= 4 is 27.8 Å². The van der Waals surface area contributed by atoms with Gasteiger partial charge in [0.25, 0.3) is 5.91 Å². The Bertz CT molecular complexity index is 1740. The number of para-hydroxylation sites is 1. The molecule has 1 fully saturated rings. The van der Waals surface area contributed by atoms with Gasteiger partial charge < -0.3 is 29.1 Å². The molecule has 10 nitrogen and oxygen atoms in total. The summed E-state index contributed by atoms with van der Waals surface area (Å²) in [5, 5.41) is 8.83. The third kappa shape index (κ3) is 4.73. The second kappa shape index (κ2) is 10.3. The molecule has 0 saturated heterocycles. The Labute approximate surface area is 236 Å². The molecule has 11 heteroatoms. The highest BCUT2D eigenvalue weighted by Gasteiger charge is 2.29. The van der Waals surface area contributed by atoms with Crippen LogP contribution in [0.5, 0.6) is 5.75 Å². The number of amides is 1. The van der Waals surface area contributed by atoms with E-state index in [2.05, 4.69) is 37.5 Å². The molecule has 5 aromatic rings. The number of aromatic nitrogens is 6. The quantitative estimate of drug-likeness (QED) is 0.282. The zero-order valence-electron chi connectivity index (χ0n) is 23.0. The summed E-state index contributed by atoms with van der Waals surface area (Å²) < 4.78 is 25.7. The molecule has 1 aliphatic carbocycles. The smallest absolute Gasteiger partial charge is 0.254 e. The molecule has 0 unspecified atom stereocenters. The Morgan fingerprint density at radius 2 is 2.00 bits per heavy atom. The molecule has 212 valence electrons. The van der Waals surface area contributed by atoms with E-state index in [0.717, 1.165) is 51.3 Å². The SMILES string of the molecule is Cn1c(-c2cc3cccc(OCCn4cnnc4)c3n2CC2CC2)nc2cc3c(cc21)CCN(C[C@H](N)CF)C3=O. The molecule has 1 amide bonds. The van der Waals surface area contributed by atoms with E-state index >= 15 is 0 Å². The van der Waals surface area contributed by atoms with Gasteiger partial charge in [-0.05, 0) is 55.0 Å². The van der Waals surface area contributed by atoms with Crippen LogP contribution >= 0.6 is 0 Å². The van der Waals surface area contributed by atoms with Crippen molar-refractivity contribution in [2.75, 3.05) is 26.4 Å². The number of rotatable bonds is 10. The van der Waals surface area contributed by atoms with Crippen molar-refractivity contribution in [3.8, 4) is 17.3 Å². The van der Waals surface area contributed by atoms with E-state index in [4.69, 9.17) is 15.5 Å². The summed E-state index contributed by atoms with van der Waals surface area (Å²) in [4.78, 5) is 20.0. The van der Waals surface area contributed by atoms with Crippen molar-refractivity contribution in [2.24, 2.45) is 18.7 Å². The van der Waals surface area contributed by atoms with E-state index in [-0.39, 0.29) is 12.5 Å². The number of aryl methyl sites for hydroxylation is 1. The van der Waals surface area contributed by atoms with Gasteiger partial charge in [-0.15, -0.1) is 10.2 Å². The molecule has 41 heavy (non-hydrogen) atoms. The average Bonchev–Trinajstić information content (AvgIpc) is 3.35. The summed E-state index contributed by atoms with van der Waals surface area (Å²) in [6.07, 6.45) is 6.51. The Hall–Kier alpha value is -4.25. The molecular formula is C30H33FN8O2. The number of ether oxygens (including phenoxy) is 1. The molecule has 1 aliphatic heterocycles. The zero-order valence-corrected chi connectivity index (χ0v) is 23.0. The molecule has 2 aromatic carbocycles. The van der Waals surface area contributed by atoms with Crippen LogP contribution in [0, 0.1) is 5.92 Å². The Morgan fingerprint density at radius 3 is 2.78 bits per heavy atom. The number of carbonyl (C=O) groups excluding carboxylic acids is 1. The largest absolute Gasteiger partial charge is 0.490 e. The number of alkyl halides is 1. The first kappa shape index (κ1) is 25.7. The van der Waals surface area contributed by atoms with Crippen molar-refractivity contribution in [1.29, 1.82) is 0 Å². The molecular weight excluding hydrogens is 523 g/mol. The highest BCUT2D eigenvalue weighted by Crippen LogP contribution is 2.39. The van der Waals surface area contributed by atoms with Crippen molar-refractivity contribution < 1.29 is 13.9 Å². The van der Waals surface area contributed by atoms with Crippen LogP contribution < -0.4 is 10.5 Å². The molecule has 1 atom stereocenters. The van der Waals surface area contributed by atoms with Crippen molar-refractivity contribution in [1.82, 2.24) is 33.8 Å². The molecule has 1 saturated carbocycles. The third-order valence-electron chi connectivity index (χ3n) is 8.25. The van der Waals surface area contributed by atoms with Gasteiger partial charge in [0.05, 0.1) is 34.8 Å². The predicted octanol–water partition coefficient (Wildman–Crippen LogP) is 3.57. The normalized spacial score (nSPS) is 16.1. The molecule has 7 rings (SSSR count). The van der Waals surface area contributed by atoms with Crippen LogP contribution in [0.2, 0.25) is 0 Å². The Balaban J connectivity index is 1.27. The van der Waals surface area contributed by atoms with Gasteiger partial charge in [0.1, 0.15) is 31.7 Å². The van der Waals surface area contributed by atoms with Crippen LogP contribution in [0.15, 0.2) is 49.1 Å². The standard InChI is InChI=1S/C30H33FN8O2/c1-36-25-11-20-7-8-38(16-22(32)14-31)30(40)23(20)13-24(25)35-29(36)26-12-21-3-2-4-27(28(21)39(26)15-19-5-6-19)41-10-9-37-17-33-34-18-37/h2-4,11-13,17-19,22H,5-10,14-16,32H2,1H3/t22-/m1/s1. The summed E-state index contributed by atoms with van der Waals surface area (Å²) in [5.41, 5.74) is 11.3. The Morgan fingerprint density at radius 1 is 1.17 bits per heavy atom. The molecule has 0 spiro atoms. The minimum Gasteiger partial charge on any atom is -0.490 e. The summed E-state index contributed by atoms with van der Waals surface area (Å²) in [6.45, 7) is 2.15. The van der Waals surface area contributed by atoms with Gasteiger partial charge in [-0.25, -0.2) is 9.37 Å². The maximum absolute atomic E-state index is 13.3. The Kier molecular flexibility index (Phi) is 6.45. The van der Waals surface area contributed by atoms with E-state index in [1.807, 2.05) is 29.8 Å². The van der Waals surface area contributed by atoms with E-state index in [9.17, 15) is 9.18 Å². The number of imidazole rings is 1. The summed E-state index contributed by atoms with van der Waals surface area (Å²) >= 11 is 0. The number of benzene rings is 2. The third-order valence-corrected chi connectivity index (χ3v) is 8.25. The lowest BCUT2D eigenvalue weighted by Crippen LogP contribution is -2.45. The summed E-state index contributed by atoms with van der Waals surface area (Å²) in [6, 6.07) is 11.7. The van der Waals surface area contributed by atoms with E-state index in [1.165, 1.54) is 12.8 Å². The highest BCUT2D eigenvalue weighted by atomic mass is 19.1. The van der Waals surface area contributed by atoms with Crippen LogP contribution in [-0.4, -0.2) is 72.1 Å². The minimum atomic E-state index is -0.671. The lowest BCUT2D eigenvalue weighted by molar-refractivity contribution is 0.0725. The molecule has 0 bridgehead atoms. The summed E-state index contributed by atoms with van der Waals surface area (Å²) in [5.74, 6) is 2.21. The number of hydrogen-bond acceptors (Lipinski definition) is 6. The van der Waals surface area contributed by atoms with Gasteiger partial charge in [-0.3, -0.25) is 4.79 Å². The monoisotopic (exact) mass is 556 g/mol. The van der Waals surface area contributed by atoms with Crippen LogP contribution in [0.25, 0.3) is 33.5 Å². The average molecular weight is 557 g/mol. The number of halogens is 1. The van der Waals surface area contributed by atoms with Gasteiger partial charge in [0.15, 0.2) is 5.82 Å². The molecule has 2 N–H and O–H groups in total. The predicted molar refractivity (Wildman–Crippen MR) is 153 cm³/mol. The number of hydrogen-bond donors (Lipinski definition) is 1. The first-order valence-corrected chi connectivity index (χ1v) is 14.2. The van der Waals surface area contributed by atoms with Gasteiger partial charge in [0, 0.05) is 37.6 Å². The second-order valence-electron chi connectivity index (χ2n) is 11.2. The minimum absolute atomic E-state index is 0.111. The maximum Gasteiger partial charge on any atom is 0.254 e. The fraction of sp³-hybridized carbons (Fsp3) is 0.400. The van der Waals surface area contributed by atoms with Gasteiger partial charge >= 0.3 is 0 Å². The number of fused-ring (bicyclic) bond motifs is 3. The van der Waals surface area contributed by atoms with E-state index in [0.29, 0.717) is 37.6 Å². The van der Waals surface area contributed by atoms with Crippen LogP contribution in [0.1, 0.15) is 28.8 Å².